The number of thiocarbonyl (C=S) groups is 1. The summed E-state index contributed by atoms with van der Waals surface area (Å²) in [7, 11) is 1.65. The fraction of sp³-hybridized carbons (Fsp3) is 0.0714. The van der Waals surface area contributed by atoms with Crippen LogP contribution in [0.4, 0.5) is 10.9 Å². The van der Waals surface area contributed by atoms with Crippen LogP contribution in [-0.4, -0.2) is 22.1 Å². The number of nitrogens with two attached hydrogens (primary N) is 1. The Kier molecular flexibility index (Phi) is 3.68. The van der Waals surface area contributed by atoms with Gasteiger partial charge in [0, 0.05) is 11.8 Å². The van der Waals surface area contributed by atoms with Crippen LogP contribution in [0.15, 0.2) is 36.5 Å². The number of aromatic nitrogens is 2. The highest BCUT2D eigenvalue weighted by atomic mass is 32.1. The molecule has 0 aliphatic carbocycles. The molecule has 3 rings (SSSR count). The van der Waals surface area contributed by atoms with Gasteiger partial charge in [0.25, 0.3) is 0 Å². The zero-order valence-corrected chi connectivity index (χ0v) is 12.8. The van der Waals surface area contributed by atoms with Crippen molar-refractivity contribution in [2.75, 3.05) is 12.4 Å². The van der Waals surface area contributed by atoms with E-state index in [1.165, 1.54) is 11.3 Å². The van der Waals surface area contributed by atoms with Crippen molar-refractivity contribution in [3.05, 3.63) is 42.1 Å². The molecule has 3 N–H and O–H groups in total. The average molecular weight is 316 g/mol. The van der Waals surface area contributed by atoms with Gasteiger partial charge < -0.3 is 15.8 Å². The Morgan fingerprint density at radius 2 is 2.19 bits per heavy atom. The lowest BCUT2D eigenvalue weighted by Gasteiger charge is -2.03. The average Bonchev–Trinajstić information content (AvgIpc) is 2.88. The molecule has 0 radical (unpaired) electrons. The van der Waals surface area contributed by atoms with Crippen molar-refractivity contribution < 1.29 is 4.74 Å². The lowest BCUT2D eigenvalue weighted by atomic mass is 10.2. The summed E-state index contributed by atoms with van der Waals surface area (Å²) in [4.78, 5) is 9.08. The number of methoxy groups -OCH3 is 1. The van der Waals surface area contributed by atoms with Crippen molar-refractivity contribution >= 4 is 49.7 Å². The van der Waals surface area contributed by atoms with E-state index in [4.69, 9.17) is 22.7 Å². The van der Waals surface area contributed by atoms with Gasteiger partial charge in [-0.2, -0.15) is 0 Å². The van der Waals surface area contributed by atoms with Crippen molar-refractivity contribution in [1.82, 2.24) is 9.97 Å². The number of ether oxygens (including phenoxy) is 1. The first-order valence-corrected chi connectivity index (χ1v) is 7.35. The highest BCUT2D eigenvalue weighted by Gasteiger charge is 2.07. The van der Waals surface area contributed by atoms with E-state index in [2.05, 4.69) is 15.3 Å². The molecule has 0 aliphatic heterocycles. The van der Waals surface area contributed by atoms with E-state index < -0.39 is 0 Å². The number of thiazole rings is 1. The summed E-state index contributed by atoms with van der Waals surface area (Å²) in [6.07, 6.45) is 1.66. The minimum Gasteiger partial charge on any atom is -0.497 e. The van der Waals surface area contributed by atoms with Crippen LogP contribution in [0, 0.1) is 0 Å². The van der Waals surface area contributed by atoms with Crippen molar-refractivity contribution in [1.29, 1.82) is 0 Å². The topological polar surface area (TPSA) is 73.1 Å². The molecule has 0 atom stereocenters. The first-order valence-electron chi connectivity index (χ1n) is 6.13. The number of nitrogens with zero attached hydrogens (tertiary/aromatic N) is 2. The van der Waals surface area contributed by atoms with E-state index in [1.807, 2.05) is 18.2 Å². The third-order valence-electron chi connectivity index (χ3n) is 2.88. The van der Waals surface area contributed by atoms with Gasteiger partial charge in [-0.3, -0.25) is 0 Å². The standard InChI is InChI=1S/C14H12N4OS2/c1-19-9-2-3-10-11(7-9)21-14(17-10)18-12-6-8(13(15)20)4-5-16-12/h2-7H,1H3,(H2,15,20)(H,16,17,18). The van der Waals surface area contributed by atoms with E-state index >= 15 is 0 Å². The maximum absolute atomic E-state index is 5.62. The molecule has 0 spiro atoms. The number of benzene rings is 1. The van der Waals surface area contributed by atoms with Crippen molar-refractivity contribution in [3.63, 3.8) is 0 Å². The molecular weight excluding hydrogens is 304 g/mol. The monoisotopic (exact) mass is 316 g/mol. The molecule has 2 heterocycles. The molecule has 0 saturated carbocycles. The second kappa shape index (κ2) is 5.63. The van der Waals surface area contributed by atoms with E-state index in [-0.39, 0.29) is 0 Å². The van der Waals surface area contributed by atoms with Gasteiger partial charge in [-0.05, 0) is 30.3 Å². The van der Waals surface area contributed by atoms with Gasteiger partial charge in [-0.1, -0.05) is 23.6 Å². The van der Waals surface area contributed by atoms with Gasteiger partial charge in [0.05, 0.1) is 17.3 Å². The molecule has 5 nitrogen and oxygen atoms in total. The molecule has 0 saturated heterocycles. The minimum atomic E-state index is 0.342. The largest absolute Gasteiger partial charge is 0.497 e. The van der Waals surface area contributed by atoms with Crippen LogP contribution in [0.3, 0.4) is 0 Å². The maximum Gasteiger partial charge on any atom is 0.189 e. The Labute approximate surface area is 130 Å². The molecule has 1 aromatic carbocycles. The quantitative estimate of drug-likeness (QED) is 0.721. The van der Waals surface area contributed by atoms with Crippen LogP contribution >= 0.6 is 23.6 Å². The lowest BCUT2D eigenvalue weighted by Crippen LogP contribution is -2.09. The third-order valence-corrected chi connectivity index (χ3v) is 4.04. The SMILES string of the molecule is COc1ccc2nc(Nc3cc(C(N)=S)ccn3)sc2c1. The van der Waals surface area contributed by atoms with Gasteiger partial charge in [-0.15, -0.1) is 0 Å². The number of hydrogen-bond donors (Lipinski definition) is 2. The molecule has 7 heteroatoms. The molecule has 0 aliphatic rings. The number of anilines is 2. The molecule has 21 heavy (non-hydrogen) atoms. The molecule has 0 amide bonds. The first-order chi connectivity index (χ1) is 10.2. The van der Waals surface area contributed by atoms with Crippen LogP contribution in [0.2, 0.25) is 0 Å². The summed E-state index contributed by atoms with van der Waals surface area (Å²) < 4.78 is 6.25. The van der Waals surface area contributed by atoms with E-state index in [0.717, 1.165) is 26.7 Å². The Balaban J connectivity index is 1.91. The van der Waals surface area contributed by atoms with Gasteiger partial charge in [0.2, 0.25) is 0 Å². The highest BCUT2D eigenvalue weighted by Crippen LogP contribution is 2.30. The van der Waals surface area contributed by atoms with Gasteiger partial charge in [0.15, 0.2) is 5.13 Å². The lowest BCUT2D eigenvalue weighted by molar-refractivity contribution is 0.415. The summed E-state index contributed by atoms with van der Waals surface area (Å²) in [6, 6.07) is 9.34. The zero-order chi connectivity index (χ0) is 14.8. The number of fused-ring (bicyclic) bond motifs is 1. The molecule has 0 bridgehead atoms. The molecule has 0 unspecified atom stereocenters. The third kappa shape index (κ3) is 2.93. The number of nitrogens with one attached hydrogen (secondary N) is 1. The summed E-state index contributed by atoms with van der Waals surface area (Å²) in [5.41, 5.74) is 7.30. The van der Waals surface area contributed by atoms with E-state index in [9.17, 15) is 0 Å². The Morgan fingerprint density at radius 3 is 2.95 bits per heavy atom. The fourth-order valence-electron chi connectivity index (χ4n) is 1.85. The number of hydrogen-bond acceptors (Lipinski definition) is 6. The molecule has 3 aromatic rings. The van der Waals surface area contributed by atoms with Crippen LogP contribution in [0.5, 0.6) is 5.75 Å². The van der Waals surface area contributed by atoms with Gasteiger partial charge in [0.1, 0.15) is 16.6 Å². The smallest absolute Gasteiger partial charge is 0.189 e. The molecule has 0 fully saturated rings. The highest BCUT2D eigenvalue weighted by molar-refractivity contribution is 7.80. The van der Waals surface area contributed by atoms with Crippen LogP contribution < -0.4 is 15.8 Å². The molecular formula is C14H12N4OS2. The number of pyridine rings is 1. The van der Waals surface area contributed by atoms with E-state index in [0.29, 0.717) is 10.8 Å². The maximum atomic E-state index is 5.62. The first kappa shape index (κ1) is 13.7. The minimum absolute atomic E-state index is 0.342. The fourth-order valence-corrected chi connectivity index (χ4v) is 2.88. The van der Waals surface area contributed by atoms with Gasteiger partial charge >= 0.3 is 0 Å². The van der Waals surface area contributed by atoms with Crippen molar-refractivity contribution in [3.8, 4) is 5.75 Å². The van der Waals surface area contributed by atoms with E-state index in [1.54, 1.807) is 25.4 Å². The Hall–Kier alpha value is -2.25. The second-order valence-corrected chi connectivity index (χ2v) is 5.74. The second-order valence-electron chi connectivity index (χ2n) is 4.27. The van der Waals surface area contributed by atoms with Crippen molar-refractivity contribution in [2.24, 2.45) is 5.73 Å². The van der Waals surface area contributed by atoms with Gasteiger partial charge in [-0.25, -0.2) is 9.97 Å². The summed E-state index contributed by atoms with van der Waals surface area (Å²) in [5.74, 6) is 1.47. The predicted octanol–water partition coefficient (Wildman–Crippen LogP) is 3.08. The summed E-state index contributed by atoms with van der Waals surface area (Å²) in [5, 5.41) is 3.92. The summed E-state index contributed by atoms with van der Waals surface area (Å²) in [6.45, 7) is 0. The van der Waals surface area contributed by atoms with Crippen LogP contribution in [0.1, 0.15) is 5.56 Å². The van der Waals surface area contributed by atoms with Crippen LogP contribution in [0.25, 0.3) is 10.2 Å². The Morgan fingerprint density at radius 1 is 1.33 bits per heavy atom. The Bertz CT molecular complexity index is 816. The molecule has 2 aromatic heterocycles. The predicted molar refractivity (Wildman–Crippen MR) is 89.6 cm³/mol. The van der Waals surface area contributed by atoms with Crippen molar-refractivity contribution in [2.45, 2.75) is 0 Å². The zero-order valence-electron chi connectivity index (χ0n) is 11.2. The van der Waals surface area contributed by atoms with Crippen LogP contribution in [-0.2, 0) is 0 Å². The molecule has 106 valence electrons. The number of rotatable bonds is 4. The summed E-state index contributed by atoms with van der Waals surface area (Å²) >= 11 is 6.49. The normalized spacial score (nSPS) is 10.5.